The van der Waals surface area contributed by atoms with Crippen LogP contribution in [0.4, 0.5) is 0 Å². The summed E-state index contributed by atoms with van der Waals surface area (Å²) in [6.07, 6.45) is -0.485. The van der Waals surface area contributed by atoms with Gasteiger partial charge in [0.05, 0.1) is 29.1 Å². The zero-order valence-corrected chi connectivity index (χ0v) is 14.6. The highest BCUT2D eigenvalue weighted by Gasteiger charge is 2.28. The van der Waals surface area contributed by atoms with Crippen LogP contribution in [0.5, 0.6) is 0 Å². The van der Waals surface area contributed by atoms with Crippen LogP contribution in [0, 0.1) is 0 Å². The molecule has 3 rings (SSSR count). The highest BCUT2D eigenvalue weighted by Crippen LogP contribution is 2.29. The summed E-state index contributed by atoms with van der Waals surface area (Å²) >= 11 is 12.1. The predicted octanol–water partition coefficient (Wildman–Crippen LogP) is 1.06. The zero-order valence-electron chi connectivity index (χ0n) is 13.1. The van der Waals surface area contributed by atoms with Gasteiger partial charge in [-0.1, -0.05) is 34.4 Å². The molecule has 2 aromatic rings. The molecule has 0 aliphatic carbocycles. The smallest absolute Gasteiger partial charge is 0.370 e. The van der Waals surface area contributed by atoms with Crippen LogP contribution in [0.2, 0.25) is 10.0 Å². The lowest BCUT2D eigenvalue weighted by Gasteiger charge is -2.26. The number of halogens is 2. The number of amides is 1. The Morgan fingerprint density at radius 3 is 2.92 bits per heavy atom. The average Bonchev–Trinajstić information content (AvgIpc) is 2.83. The van der Waals surface area contributed by atoms with Crippen molar-refractivity contribution in [3.8, 4) is 0 Å². The molecule has 1 aliphatic rings. The molecule has 0 radical (unpaired) electrons. The highest BCUT2D eigenvalue weighted by molar-refractivity contribution is 6.42. The minimum Gasteiger partial charge on any atom is -0.370 e. The Bertz CT molecular complexity index is 807. The maximum Gasteiger partial charge on any atom is 0.438 e. The fourth-order valence-corrected chi connectivity index (χ4v) is 2.94. The molecule has 3 N–H and O–H groups in total. The van der Waals surface area contributed by atoms with Crippen LogP contribution in [-0.2, 0) is 16.0 Å². The van der Waals surface area contributed by atoms with E-state index in [4.69, 9.17) is 27.9 Å². The standard InChI is InChI=1S/C15H16Cl2N4O4/c16-9-2-1-8(5-10(9)17)14-11(7-18-3-4-24-14)19-13(22)6-12-20-15(23)25-21-12/h1-2,5,11,14,18H,3-4,6-7H2,(H,19,22)(H,20,21,23). The van der Waals surface area contributed by atoms with E-state index in [0.717, 1.165) is 5.56 Å². The van der Waals surface area contributed by atoms with Crippen molar-refractivity contribution in [3.63, 3.8) is 0 Å². The molecule has 134 valence electrons. The minimum absolute atomic E-state index is 0.101. The van der Waals surface area contributed by atoms with Crippen molar-refractivity contribution in [3.05, 3.63) is 50.2 Å². The summed E-state index contributed by atoms with van der Waals surface area (Å²) in [6.45, 7) is 1.68. The summed E-state index contributed by atoms with van der Waals surface area (Å²) in [5.74, 6) is -0.848. The lowest BCUT2D eigenvalue weighted by Crippen LogP contribution is -2.45. The first kappa shape index (κ1) is 17.9. The second kappa shape index (κ2) is 8.01. The molecule has 1 amide bonds. The maximum atomic E-state index is 12.3. The van der Waals surface area contributed by atoms with Crippen molar-refractivity contribution in [2.75, 3.05) is 19.7 Å². The Kier molecular flexibility index (Phi) is 5.74. The molecule has 1 saturated heterocycles. The lowest BCUT2D eigenvalue weighted by atomic mass is 10.0. The third kappa shape index (κ3) is 4.60. The lowest BCUT2D eigenvalue weighted by molar-refractivity contribution is -0.122. The van der Waals surface area contributed by atoms with Crippen LogP contribution < -0.4 is 16.4 Å². The van der Waals surface area contributed by atoms with E-state index in [9.17, 15) is 9.59 Å². The summed E-state index contributed by atoms with van der Waals surface area (Å²) in [5.41, 5.74) is 0.818. The number of H-pyrrole nitrogens is 1. The Labute approximate surface area is 152 Å². The molecule has 2 atom stereocenters. The molecule has 1 aromatic carbocycles. The van der Waals surface area contributed by atoms with Gasteiger partial charge in [-0.2, -0.15) is 0 Å². The van der Waals surface area contributed by atoms with Crippen LogP contribution >= 0.6 is 23.2 Å². The molecule has 1 aromatic heterocycles. The normalized spacial score (nSPS) is 20.9. The molecule has 1 fully saturated rings. The maximum absolute atomic E-state index is 12.3. The largest absolute Gasteiger partial charge is 0.438 e. The molecule has 0 spiro atoms. The summed E-state index contributed by atoms with van der Waals surface area (Å²) in [4.78, 5) is 25.5. The third-order valence-corrected chi connectivity index (χ3v) is 4.48. The number of aromatic amines is 1. The number of benzene rings is 1. The van der Waals surface area contributed by atoms with Crippen LogP contribution in [0.15, 0.2) is 27.5 Å². The Morgan fingerprint density at radius 1 is 1.36 bits per heavy atom. The first-order valence-electron chi connectivity index (χ1n) is 7.64. The van der Waals surface area contributed by atoms with Crippen LogP contribution in [0.25, 0.3) is 0 Å². The second-order valence-electron chi connectivity index (χ2n) is 5.56. The zero-order chi connectivity index (χ0) is 17.8. The molecule has 10 heteroatoms. The number of carbonyl (C=O) groups is 1. The van der Waals surface area contributed by atoms with E-state index in [1.165, 1.54) is 0 Å². The number of carbonyl (C=O) groups excluding carboxylic acids is 1. The SMILES string of the molecule is O=C(Cc1noc(=O)[nH]1)NC1CNCCOC1c1ccc(Cl)c(Cl)c1. The van der Waals surface area contributed by atoms with Gasteiger partial charge in [0.2, 0.25) is 5.91 Å². The number of aromatic nitrogens is 2. The summed E-state index contributed by atoms with van der Waals surface area (Å²) < 4.78 is 10.3. The first-order chi connectivity index (χ1) is 12.0. The number of hydrogen-bond acceptors (Lipinski definition) is 6. The Hall–Kier alpha value is -1.87. The van der Waals surface area contributed by atoms with Crippen molar-refractivity contribution in [2.24, 2.45) is 0 Å². The van der Waals surface area contributed by atoms with Crippen LogP contribution in [-0.4, -0.2) is 41.8 Å². The number of hydrogen-bond donors (Lipinski definition) is 3. The summed E-state index contributed by atoms with van der Waals surface area (Å²) in [6, 6.07) is 4.91. The van der Waals surface area contributed by atoms with Crippen molar-refractivity contribution in [2.45, 2.75) is 18.6 Å². The van der Waals surface area contributed by atoms with Crippen LogP contribution in [0.1, 0.15) is 17.5 Å². The van der Waals surface area contributed by atoms with Gasteiger partial charge in [-0.05, 0) is 17.7 Å². The predicted molar refractivity (Wildman–Crippen MR) is 90.8 cm³/mol. The van der Waals surface area contributed by atoms with Gasteiger partial charge < -0.3 is 15.4 Å². The summed E-state index contributed by atoms with van der Waals surface area (Å²) in [7, 11) is 0. The molecular formula is C15H16Cl2N4O4. The monoisotopic (exact) mass is 386 g/mol. The average molecular weight is 387 g/mol. The second-order valence-corrected chi connectivity index (χ2v) is 6.38. The van der Waals surface area contributed by atoms with E-state index in [2.05, 4.69) is 25.3 Å². The number of nitrogens with one attached hydrogen (secondary N) is 3. The van der Waals surface area contributed by atoms with Gasteiger partial charge in [0, 0.05) is 13.1 Å². The minimum atomic E-state index is -0.698. The molecular weight excluding hydrogens is 371 g/mol. The van der Waals surface area contributed by atoms with Gasteiger partial charge in [0.25, 0.3) is 0 Å². The van der Waals surface area contributed by atoms with E-state index in [0.29, 0.717) is 29.7 Å². The van der Waals surface area contributed by atoms with Gasteiger partial charge in [-0.15, -0.1) is 0 Å². The molecule has 2 unspecified atom stereocenters. The highest BCUT2D eigenvalue weighted by atomic mass is 35.5. The molecule has 0 saturated carbocycles. The fraction of sp³-hybridized carbons (Fsp3) is 0.400. The van der Waals surface area contributed by atoms with E-state index >= 15 is 0 Å². The van der Waals surface area contributed by atoms with Gasteiger partial charge in [-0.3, -0.25) is 14.3 Å². The topological polar surface area (TPSA) is 109 Å². The molecule has 1 aliphatic heterocycles. The van der Waals surface area contributed by atoms with E-state index in [1.807, 2.05) is 6.07 Å². The molecule has 8 nitrogen and oxygen atoms in total. The van der Waals surface area contributed by atoms with Gasteiger partial charge in [-0.25, -0.2) is 4.79 Å². The van der Waals surface area contributed by atoms with Crippen molar-refractivity contribution in [1.29, 1.82) is 0 Å². The number of ether oxygens (including phenoxy) is 1. The van der Waals surface area contributed by atoms with Crippen molar-refractivity contribution < 1.29 is 14.1 Å². The molecule has 25 heavy (non-hydrogen) atoms. The quantitative estimate of drug-likeness (QED) is 0.724. The molecule has 0 bridgehead atoms. The third-order valence-electron chi connectivity index (χ3n) is 3.74. The van der Waals surface area contributed by atoms with Crippen molar-refractivity contribution >= 4 is 29.1 Å². The Balaban J connectivity index is 1.74. The Morgan fingerprint density at radius 2 is 2.20 bits per heavy atom. The van der Waals surface area contributed by atoms with Gasteiger partial charge in [0.15, 0.2) is 5.82 Å². The summed E-state index contributed by atoms with van der Waals surface area (Å²) in [5, 5.41) is 10.5. The van der Waals surface area contributed by atoms with E-state index in [-0.39, 0.29) is 30.3 Å². The van der Waals surface area contributed by atoms with Gasteiger partial charge in [0.1, 0.15) is 6.10 Å². The van der Waals surface area contributed by atoms with E-state index < -0.39 is 5.76 Å². The number of nitrogens with zero attached hydrogens (tertiary/aromatic N) is 1. The first-order valence-corrected chi connectivity index (χ1v) is 8.40. The van der Waals surface area contributed by atoms with Crippen LogP contribution in [0.3, 0.4) is 0 Å². The van der Waals surface area contributed by atoms with E-state index in [1.54, 1.807) is 12.1 Å². The fourth-order valence-electron chi connectivity index (χ4n) is 2.63. The van der Waals surface area contributed by atoms with Gasteiger partial charge >= 0.3 is 5.76 Å². The molecule has 2 heterocycles. The number of rotatable bonds is 4. The van der Waals surface area contributed by atoms with Crippen molar-refractivity contribution in [1.82, 2.24) is 20.8 Å².